The van der Waals surface area contributed by atoms with Gasteiger partial charge in [-0.15, -0.1) is 0 Å². The summed E-state index contributed by atoms with van der Waals surface area (Å²) < 4.78 is 43.8. The van der Waals surface area contributed by atoms with Gasteiger partial charge >= 0.3 is 0 Å². The molecule has 0 unspecified atom stereocenters. The van der Waals surface area contributed by atoms with E-state index in [4.69, 9.17) is 14.2 Å². The van der Waals surface area contributed by atoms with Crippen LogP contribution in [0.25, 0.3) is 0 Å². The molecule has 0 radical (unpaired) electrons. The monoisotopic (exact) mass is 519 g/mol. The van der Waals surface area contributed by atoms with Gasteiger partial charge in [-0.1, -0.05) is 19.1 Å². The second kappa shape index (κ2) is 10.5. The quantitative estimate of drug-likeness (QED) is 0.545. The van der Waals surface area contributed by atoms with E-state index in [1.54, 1.807) is 30.0 Å². The van der Waals surface area contributed by atoms with Gasteiger partial charge in [-0.25, -0.2) is 8.42 Å². The minimum absolute atomic E-state index is 0.110. The fourth-order valence-electron chi connectivity index (χ4n) is 4.46. The van der Waals surface area contributed by atoms with Gasteiger partial charge in [-0.05, 0) is 43.8 Å². The third-order valence-corrected chi connectivity index (χ3v) is 6.96. The second-order valence-electron chi connectivity index (χ2n) is 9.56. The summed E-state index contributed by atoms with van der Waals surface area (Å²) in [6, 6.07) is 10.2. The highest BCUT2D eigenvalue weighted by molar-refractivity contribution is 7.92. The topological polar surface area (TPSA) is 118 Å². The van der Waals surface area contributed by atoms with Gasteiger partial charge in [0.1, 0.15) is 6.10 Å². The SMILES string of the molecule is C[C@H]1CN([C@@H](C)CO)C(=O)c2cccc(NS(C)(=O)=O)c2O[C@H]1CN(C)Cc1ccc2c(c1)OCO2. The normalized spacial score (nSPS) is 20.4. The van der Waals surface area contributed by atoms with Crippen molar-refractivity contribution in [3.63, 3.8) is 0 Å². The molecule has 196 valence electrons. The molecule has 0 bridgehead atoms. The van der Waals surface area contributed by atoms with Gasteiger partial charge in [-0.3, -0.25) is 14.4 Å². The first kappa shape index (κ1) is 26.1. The van der Waals surface area contributed by atoms with Gasteiger partial charge in [-0.2, -0.15) is 0 Å². The number of aliphatic hydroxyl groups is 1. The summed E-state index contributed by atoms with van der Waals surface area (Å²) >= 11 is 0. The van der Waals surface area contributed by atoms with Gasteiger partial charge in [0.25, 0.3) is 5.91 Å². The van der Waals surface area contributed by atoms with Crippen molar-refractivity contribution in [1.29, 1.82) is 0 Å². The number of para-hydroxylation sites is 1. The van der Waals surface area contributed by atoms with Crippen molar-refractivity contribution in [2.24, 2.45) is 5.92 Å². The molecule has 36 heavy (non-hydrogen) atoms. The van der Waals surface area contributed by atoms with Gasteiger partial charge in [0, 0.05) is 25.6 Å². The Morgan fingerprint density at radius 2 is 1.97 bits per heavy atom. The zero-order valence-corrected chi connectivity index (χ0v) is 21.7. The zero-order chi connectivity index (χ0) is 26.0. The maximum absolute atomic E-state index is 13.4. The number of hydrogen-bond acceptors (Lipinski definition) is 8. The van der Waals surface area contributed by atoms with E-state index in [0.29, 0.717) is 25.4 Å². The molecular formula is C25H33N3O7S. The van der Waals surface area contributed by atoms with Crippen molar-refractivity contribution >= 4 is 21.6 Å². The number of anilines is 1. The fraction of sp³-hybridized carbons (Fsp3) is 0.480. The van der Waals surface area contributed by atoms with Crippen LogP contribution in [0, 0.1) is 5.92 Å². The number of nitrogens with one attached hydrogen (secondary N) is 1. The molecule has 0 saturated carbocycles. The Balaban J connectivity index is 1.63. The number of carbonyl (C=O) groups is 1. The van der Waals surface area contributed by atoms with Crippen LogP contribution in [0.1, 0.15) is 29.8 Å². The number of nitrogens with zero attached hydrogens (tertiary/aromatic N) is 2. The lowest BCUT2D eigenvalue weighted by Crippen LogP contribution is -2.49. The first-order valence-electron chi connectivity index (χ1n) is 11.8. The minimum Gasteiger partial charge on any atom is -0.486 e. The van der Waals surface area contributed by atoms with Crippen LogP contribution >= 0.6 is 0 Å². The summed E-state index contributed by atoms with van der Waals surface area (Å²) in [5.74, 6) is 1.21. The molecule has 1 amide bonds. The summed E-state index contributed by atoms with van der Waals surface area (Å²) in [5.41, 5.74) is 1.50. The summed E-state index contributed by atoms with van der Waals surface area (Å²) in [5, 5.41) is 9.81. The largest absolute Gasteiger partial charge is 0.486 e. The first-order chi connectivity index (χ1) is 17.1. The number of carbonyl (C=O) groups excluding carboxylic acids is 1. The minimum atomic E-state index is -3.61. The van der Waals surface area contributed by atoms with Crippen molar-refractivity contribution < 1.29 is 32.5 Å². The number of benzene rings is 2. The standard InChI is InChI=1S/C25H33N3O7S/c1-16-11-28(17(2)14-29)25(30)19-6-5-7-20(26-36(4,31)32)24(19)35-23(16)13-27(3)12-18-8-9-21-22(10-18)34-15-33-21/h5-10,16-17,23,26,29H,11-15H2,1-4H3/t16-,17-,23-/m0/s1. The molecule has 11 heteroatoms. The second-order valence-corrected chi connectivity index (χ2v) is 11.3. The Morgan fingerprint density at radius 1 is 1.22 bits per heavy atom. The van der Waals surface area contributed by atoms with Crippen LogP contribution in [-0.2, 0) is 16.6 Å². The molecule has 0 aliphatic carbocycles. The Bertz CT molecular complexity index is 1220. The lowest BCUT2D eigenvalue weighted by Gasteiger charge is -2.38. The number of rotatable bonds is 8. The van der Waals surface area contributed by atoms with E-state index in [0.717, 1.165) is 17.6 Å². The number of hydrogen-bond donors (Lipinski definition) is 2. The van der Waals surface area contributed by atoms with Crippen LogP contribution in [0.15, 0.2) is 36.4 Å². The zero-order valence-electron chi connectivity index (χ0n) is 20.9. The van der Waals surface area contributed by atoms with E-state index in [9.17, 15) is 18.3 Å². The van der Waals surface area contributed by atoms with E-state index in [2.05, 4.69) is 9.62 Å². The first-order valence-corrected chi connectivity index (χ1v) is 13.7. The Kier molecular flexibility index (Phi) is 7.62. The molecule has 0 aromatic heterocycles. The molecule has 2 heterocycles. The van der Waals surface area contributed by atoms with Crippen molar-refractivity contribution in [1.82, 2.24) is 9.80 Å². The fourth-order valence-corrected chi connectivity index (χ4v) is 5.02. The number of likely N-dealkylation sites (N-methyl/N-ethyl adjacent to an activating group) is 1. The molecular weight excluding hydrogens is 486 g/mol. The lowest BCUT2D eigenvalue weighted by atomic mass is 9.99. The Labute approximate surface area is 211 Å². The van der Waals surface area contributed by atoms with Crippen LogP contribution in [0.4, 0.5) is 5.69 Å². The number of aliphatic hydroxyl groups excluding tert-OH is 1. The molecule has 2 N–H and O–H groups in total. The molecule has 3 atom stereocenters. The Hall–Kier alpha value is -3.02. The number of ether oxygens (including phenoxy) is 3. The van der Waals surface area contributed by atoms with E-state index in [1.807, 2.05) is 32.2 Å². The third-order valence-electron chi connectivity index (χ3n) is 6.37. The van der Waals surface area contributed by atoms with Crippen LogP contribution in [0.2, 0.25) is 0 Å². The van der Waals surface area contributed by atoms with Gasteiger partial charge in [0.05, 0.1) is 30.2 Å². The lowest BCUT2D eigenvalue weighted by molar-refractivity contribution is 0.0344. The molecule has 2 aromatic carbocycles. The number of fused-ring (bicyclic) bond motifs is 2. The molecule has 2 aromatic rings. The van der Waals surface area contributed by atoms with E-state index in [-0.39, 0.29) is 48.3 Å². The predicted octanol–water partition coefficient (Wildman–Crippen LogP) is 2.14. The van der Waals surface area contributed by atoms with Crippen LogP contribution in [0.3, 0.4) is 0 Å². The average molecular weight is 520 g/mol. The molecule has 0 fully saturated rings. The smallest absolute Gasteiger partial charge is 0.258 e. The summed E-state index contributed by atoms with van der Waals surface area (Å²) in [7, 11) is -1.64. The van der Waals surface area contributed by atoms with E-state index < -0.39 is 16.1 Å². The maximum Gasteiger partial charge on any atom is 0.258 e. The van der Waals surface area contributed by atoms with Crippen LogP contribution < -0.4 is 18.9 Å². The molecule has 0 saturated heterocycles. The molecule has 2 aliphatic heterocycles. The molecule has 10 nitrogen and oxygen atoms in total. The highest BCUT2D eigenvalue weighted by atomic mass is 32.2. The van der Waals surface area contributed by atoms with Crippen molar-refractivity contribution in [2.75, 3.05) is 44.5 Å². The molecule has 0 spiro atoms. The molecule has 4 rings (SSSR count). The van der Waals surface area contributed by atoms with E-state index in [1.165, 1.54) is 0 Å². The Morgan fingerprint density at radius 3 is 2.69 bits per heavy atom. The maximum atomic E-state index is 13.4. The highest BCUT2D eigenvalue weighted by Gasteiger charge is 2.34. The summed E-state index contributed by atoms with van der Waals surface area (Å²) in [4.78, 5) is 17.2. The molecule has 2 aliphatic rings. The van der Waals surface area contributed by atoms with Gasteiger partial charge in [0.2, 0.25) is 16.8 Å². The van der Waals surface area contributed by atoms with Crippen molar-refractivity contribution in [2.45, 2.75) is 32.5 Å². The average Bonchev–Trinajstić information content (AvgIpc) is 3.28. The summed E-state index contributed by atoms with van der Waals surface area (Å²) in [6.45, 7) is 5.31. The summed E-state index contributed by atoms with van der Waals surface area (Å²) in [6.07, 6.45) is 0.683. The van der Waals surface area contributed by atoms with Gasteiger partial charge in [0.15, 0.2) is 17.2 Å². The highest BCUT2D eigenvalue weighted by Crippen LogP contribution is 2.36. The van der Waals surface area contributed by atoms with Crippen molar-refractivity contribution in [3.05, 3.63) is 47.5 Å². The van der Waals surface area contributed by atoms with Crippen LogP contribution in [-0.4, -0.2) is 81.2 Å². The number of sulfonamides is 1. The predicted molar refractivity (Wildman–Crippen MR) is 135 cm³/mol. The van der Waals surface area contributed by atoms with E-state index >= 15 is 0 Å². The number of amides is 1. The van der Waals surface area contributed by atoms with Crippen molar-refractivity contribution in [3.8, 4) is 17.2 Å². The third kappa shape index (κ3) is 5.85. The van der Waals surface area contributed by atoms with Crippen LogP contribution in [0.5, 0.6) is 17.2 Å². The van der Waals surface area contributed by atoms with Gasteiger partial charge < -0.3 is 24.2 Å².